The Balaban J connectivity index is 1.62. The zero-order valence-electron chi connectivity index (χ0n) is 22.9. The number of aromatic carboxylic acids is 1. The molecule has 0 spiro atoms. The van der Waals surface area contributed by atoms with E-state index in [-0.39, 0.29) is 17.8 Å². The lowest BCUT2D eigenvalue weighted by atomic mass is 9.83. The van der Waals surface area contributed by atoms with Crippen LogP contribution in [0.1, 0.15) is 62.4 Å². The predicted octanol–water partition coefficient (Wildman–Crippen LogP) is 5.49. The highest BCUT2D eigenvalue weighted by Crippen LogP contribution is 2.42. The van der Waals surface area contributed by atoms with Crippen LogP contribution in [-0.2, 0) is 11.3 Å². The number of ether oxygens (including phenoxy) is 1. The van der Waals surface area contributed by atoms with E-state index < -0.39 is 5.97 Å². The van der Waals surface area contributed by atoms with Crippen molar-refractivity contribution in [3.8, 4) is 11.3 Å². The van der Waals surface area contributed by atoms with Crippen molar-refractivity contribution in [2.24, 2.45) is 11.8 Å². The number of hydrogen-bond donors (Lipinski definition) is 1. The van der Waals surface area contributed by atoms with Crippen LogP contribution in [-0.4, -0.2) is 70.0 Å². The van der Waals surface area contributed by atoms with Gasteiger partial charge in [-0.05, 0) is 50.0 Å². The number of carbonyl (C=O) groups is 1. The third-order valence-electron chi connectivity index (χ3n) is 8.79. The molecule has 2 atom stereocenters. The van der Waals surface area contributed by atoms with Gasteiger partial charge in [0.2, 0.25) is 5.95 Å². The molecule has 0 radical (unpaired) electrons. The van der Waals surface area contributed by atoms with Gasteiger partial charge in [0.25, 0.3) is 0 Å². The highest BCUT2D eigenvalue weighted by Gasteiger charge is 2.39. The summed E-state index contributed by atoms with van der Waals surface area (Å²) in [6, 6.07) is 2.07. The molecule has 6 rings (SSSR count). The van der Waals surface area contributed by atoms with Gasteiger partial charge in [-0.15, -0.1) is 0 Å². The van der Waals surface area contributed by atoms with E-state index in [1.165, 1.54) is 25.7 Å². The molecular formula is C29H37ClN6O3. The average molecular weight is 553 g/mol. The topological polar surface area (TPSA) is 96.6 Å². The van der Waals surface area contributed by atoms with Crippen molar-refractivity contribution in [3.05, 3.63) is 29.2 Å². The highest BCUT2D eigenvalue weighted by molar-refractivity contribution is 6.30. The van der Waals surface area contributed by atoms with Crippen molar-refractivity contribution in [1.29, 1.82) is 0 Å². The number of hydrogen-bond acceptors (Lipinski definition) is 7. The first-order valence-corrected chi connectivity index (χ1v) is 14.5. The SMILES string of the molecule is CC1CCC(Cn2c(N3CCOC4CCCC43)nc3c(N(C)C)c(C(=O)O)nc(-c4cncc(Cl)c4)c32)CC1. The molecule has 4 heterocycles. The molecular weight excluding hydrogens is 516 g/mol. The van der Waals surface area contributed by atoms with Gasteiger partial charge in [-0.1, -0.05) is 31.4 Å². The molecule has 2 saturated carbocycles. The monoisotopic (exact) mass is 552 g/mol. The third kappa shape index (κ3) is 4.84. The summed E-state index contributed by atoms with van der Waals surface area (Å²) >= 11 is 6.37. The molecule has 2 unspecified atom stereocenters. The van der Waals surface area contributed by atoms with Gasteiger partial charge in [0.1, 0.15) is 5.52 Å². The Labute approximate surface area is 234 Å². The van der Waals surface area contributed by atoms with E-state index >= 15 is 0 Å². The zero-order valence-corrected chi connectivity index (χ0v) is 23.7. The summed E-state index contributed by atoms with van der Waals surface area (Å²) in [5, 5.41) is 10.7. The number of anilines is 2. The van der Waals surface area contributed by atoms with Crippen LogP contribution in [0.2, 0.25) is 5.02 Å². The van der Waals surface area contributed by atoms with Gasteiger partial charge in [-0.25, -0.2) is 14.8 Å². The number of pyridine rings is 2. The number of fused-ring (bicyclic) bond motifs is 2. The van der Waals surface area contributed by atoms with Crippen molar-refractivity contribution < 1.29 is 14.6 Å². The summed E-state index contributed by atoms with van der Waals surface area (Å²) in [7, 11) is 3.71. The molecule has 1 aliphatic heterocycles. The van der Waals surface area contributed by atoms with E-state index in [9.17, 15) is 9.90 Å². The van der Waals surface area contributed by atoms with E-state index in [0.717, 1.165) is 49.7 Å². The first kappa shape index (κ1) is 26.3. The fraction of sp³-hybridized carbons (Fsp3) is 0.586. The van der Waals surface area contributed by atoms with E-state index in [0.29, 0.717) is 40.0 Å². The molecule has 3 aromatic heterocycles. The molecule has 3 aliphatic rings. The molecule has 9 nitrogen and oxygen atoms in total. The van der Waals surface area contributed by atoms with Gasteiger partial charge in [0.15, 0.2) is 5.69 Å². The van der Waals surface area contributed by atoms with Gasteiger partial charge >= 0.3 is 5.97 Å². The van der Waals surface area contributed by atoms with Crippen LogP contribution in [0.3, 0.4) is 0 Å². The Kier molecular flexibility index (Phi) is 7.14. The molecule has 3 aromatic rings. The number of morpholine rings is 1. The van der Waals surface area contributed by atoms with Crippen molar-refractivity contribution in [3.63, 3.8) is 0 Å². The van der Waals surface area contributed by atoms with Gasteiger partial charge in [-0.3, -0.25) is 4.98 Å². The lowest BCUT2D eigenvalue weighted by Crippen LogP contribution is -2.49. The summed E-state index contributed by atoms with van der Waals surface area (Å²) in [4.78, 5) is 31.1. The number of halogens is 1. The van der Waals surface area contributed by atoms with Crippen molar-refractivity contribution in [2.75, 3.05) is 37.0 Å². The summed E-state index contributed by atoms with van der Waals surface area (Å²) in [5.74, 6) is 1.08. The molecule has 0 amide bonds. The first-order valence-electron chi connectivity index (χ1n) is 14.2. The van der Waals surface area contributed by atoms with Crippen molar-refractivity contribution >= 4 is 40.2 Å². The number of rotatable bonds is 6. The second kappa shape index (κ2) is 10.6. The van der Waals surface area contributed by atoms with Crippen LogP contribution in [0.25, 0.3) is 22.3 Å². The van der Waals surface area contributed by atoms with E-state index in [2.05, 4.69) is 21.4 Å². The van der Waals surface area contributed by atoms with Crippen LogP contribution in [0.4, 0.5) is 11.6 Å². The molecule has 39 heavy (non-hydrogen) atoms. The van der Waals surface area contributed by atoms with Crippen molar-refractivity contribution in [1.82, 2.24) is 19.5 Å². The number of aromatic nitrogens is 4. The zero-order chi connectivity index (χ0) is 27.3. The normalized spacial score (nSPS) is 25.2. The standard InChI is InChI=1S/C29H37ClN6O3/c1-17-7-9-18(10-8-17)16-36-27-23(19-13-20(30)15-31-14-19)32-25(28(37)38)26(34(2)3)24(27)33-29(36)35-11-12-39-22-6-4-5-21(22)35/h13-15,17-18,21-22H,4-12,16H2,1-3H3,(H,37,38). The smallest absolute Gasteiger partial charge is 0.356 e. The Morgan fingerprint density at radius 3 is 2.67 bits per heavy atom. The van der Waals surface area contributed by atoms with Crippen LogP contribution in [0, 0.1) is 11.8 Å². The molecule has 0 bridgehead atoms. The Morgan fingerprint density at radius 2 is 1.95 bits per heavy atom. The fourth-order valence-corrected chi connectivity index (χ4v) is 7.00. The predicted molar refractivity (Wildman–Crippen MR) is 153 cm³/mol. The number of nitrogens with zero attached hydrogens (tertiary/aromatic N) is 6. The molecule has 208 valence electrons. The maximum absolute atomic E-state index is 12.5. The summed E-state index contributed by atoms with van der Waals surface area (Å²) in [6.45, 7) is 4.58. The second-order valence-electron chi connectivity index (χ2n) is 11.7. The molecule has 1 N–H and O–H groups in total. The van der Waals surface area contributed by atoms with E-state index in [1.807, 2.05) is 19.0 Å². The second-order valence-corrected chi connectivity index (χ2v) is 12.1. The third-order valence-corrected chi connectivity index (χ3v) is 8.99. The first-order chi connectivity index (χ1) is 18.8. The van der Waals surface area contributed by atoms with Crippen LogP contribution < -0.4 is 9.80 Å². The van der Waals surface area contributed by atoms with Gasteiger partial charge in [0.05, 0.1) is 40.7 Å². The van der Waals surface area contributed by atoms with E-state index in [1.54, 1.807) is 18.5 Å². The lowest BCUT2D eigenvalue weighted by molar-refractivity contribution is 0.0247. The lowest BCUT2D eigenvalue weighted by Gasteiger charge is -2.39. The Hall–Kier alpha value is -2.91. The van der Waals surface area contributed by atoms with E-state index in [4.69, 9.17) is 26.3 Å². The van der Waals surface area contributed by atoms with Crippen LogP contribution in [0.15, 0.2) is 18.5 Å². The fourth-order valence-electron chi connectivity index (χ4n) is 6.83. The minimum absolute atomic E-state index is 0.0223. The van der Waals surface area contributed by atoms with Gasteiger partial charge in [-0.2, -0.15) is 0 Å². The number of carboxylic acids is 1. The summed E-state index contributed by atoms with van der Waals surface area (Å²) in [6.07, 6.45) is 11.6. The maximum Gasteiger partial charge on any atom is 0.356 e. The quantitative estimate of drug-likeness (QED) is 0.428. The largest absolute Gasteiger partial charge is 0.476 e. The number of carboxylic acid groups (broad SMARTS) is 1. The summed E-state index contributed by atoms with van der Waals surface area (Å²) in [5.41, 5.74) is 3.24. The molecule has 0 aromatic carbocycles. The molecule has 3 fully saturated rings. The molecule has 2 aliphatic carbocycles. The summed E-state index contributed by atoms with van der Waals surface area (Å²) < 4.78 is 8.48. The average Bonchev–Trinajstić information content (AvgIpc) is 3.54. The Morgan fingerprint density at radius 1 is 1.15 bits per heavy atom. The van der Waals surface area contributed by atoms with Crippen molar-refractivity contribution in [2.45, 2.75) is 70.6 Å². The highest BCUT2D eigenvalue weighted by atomic mass is 35.5. The van der Waals surface area contributed by atoms with Crippen LogP contribution in [0.5, 0.6) is 0 Å². The Bertz CT molecular complexity index is 1380. The number of imidazole rings is 1. The van der Waals surface area contributed by atoms with Crippen LogP contribution >= 0.6 is 11.6 Å². The minimum atomic E-state index is -1.09. The van der Waals surface area contributed by atoms with Gasteiger partial charge < -0.3 is 24.2 Å². The molecule has 10 heteroatoms. The maximum atomic E-state index is 12.5. The molecule has 1 saturated heterocycles. The van der Waals surface area contributed by atoms with Gasteiger partial charge in [0, 0.05) is 45.1 Å². The minimum Gasteiger partial charge on any atom is -0.476 e.